The van der Waals surface area contributed by atoms with Crippen LogP contribution in [0.3, 0.4) is 0 Å². The molecule has 1 unspecified atom stereocenters. The summed E-state index contributed by atoms with van der Waals surface area (Å²) in [5.41, 5.74) is 2.10. The number of carboxylic acid groups (broad SMARTS) is 1. The minimum absolute atomic E-state index is 0.0833. The number of anilines is 3. The van der Waals surface area contributed by atoms with Gasteiger partial charge in [-0.1, -0.05) is 54.6 Å². The Labute approximate surface area is 261 Å². The van der Waals surface area contributed by atoms with Gasteiger partial charge < -0.3 is 25.8 Å². The number of thioether (sulfide) groups is 1. The first-order valence-electron chi connectivity index (χ1n) is 13.1. The summed E-state index contributed by atoms with van der Waals surface area (Å²) in [7, 11) is 1.22. The fourth-order valence-corrected chi connectivity index (χ4v) is 6.24. The van der Waals surface area contributed by atoms with E-state index in [9.17, 15) is 24.0 Å². The van der Waals surface area contributed by atoms with E-state index in [1.165, 1.54) is 18.9 Å². The van der Waals surface area contributed by atoms with E-state index in [0.29, 0.717) is 27.4 Å². The van der Waals surface area contributed by atoms with Crippen LogP contribution in [0.15, 0.2) is 102 Å². The molecule has 1 heterocycles. The third-order valence-corrected chi connectivity index (χ3v) is 8.54. The van der Waals surface area contributed by atoms with Gasteiger partial charge in [-0.2, -0.15) is 0 Å². The highest BCUT2D eigenvalue weighted by molar-refractivity contribution is 8.00. The molecule has 224 valence electrons. The van der Waals surface area contributed by atoms with Gasteiger partial charge in [-0.15, -0.1) is 23.1 Å². The average Bonchev–Trinajstić information content (AvgIpc) is 3.34. The number of benzene rings is 3. The Morgan fingerprint density at radius 3 is 2.16 bits per heavy atom. The van der Waals surface area contributed by atoms with Crippen molar-refractivity contribution in [2.24, 2.45) is 0 Å². The van der Waals surface area contributed by atoms with Gasteiger partial charge in [-0.25, -0.2) is 9.59 Å². The number of esters is 1. The van der Waals surface area contributed by atoms with Crippen LogP contribution in [0.5, 0.6) is 0 Å². The lowest BCUT2D eigenvalue weighted by molar-refractivity contribution is -0.131. The number of carbonyl (C=O) groups is 5. The van der Waals surface area contributed by atoms with Gasteiger partial charge in [-0.05, 0) is 48.4 Å². The van der Waals surface area contributed by atoms with Crippen molar-refractivity contribution in [2.75, 3.05) is 23.1 Å². The number of aliphatic carboxylic acids is 1. The third-order valence-electron chi connectivity index (χ3n) is 6.08. The van der Waals surface area contributed by atoms with Crippen LogP contribution in [0.25, 0.3) is 0 Å². The number of carboxylic acids is 1. The third kappa shape index (κ3) is 8.21. The van der Waals surface area contributed by atoms with Crippen LogP contribution in [-0.4, -0.2) is 41.9 Å². The molecular formula is C32H27N3O7S2. The van der Waals surface area contributed by atoms with Gasteiger partial charge in [-0.3, -0.25) is 14.4 Å². The summed E-state index contributed by atoms with van der Waals surface area (Å²) in [5.74, 6) is -3.46. The highest BCUT2D eigenvalue weighted by atomic mass is 32.2. The zero-order chi connectivity index (χ0) is 31.6. The largest absolute Gasteiger partial charge is 0.478 e. The zero-order valence-electron chi connectivity index (χ0n) is 23.5. The predicted molar refractivity (Wildman–Crippen MR) is 170 cm³/mol. The fraction of sp³-hybridized carbons (Fsp3) is 0.0938. The van der Waals surface area contributed by atoms with Gasteiger partial charge in [0, 0.05) is 28.4 Å². The molecule has 0 saturated carbocycles. The molecule has 0 radical (unpaired) electrons. The first kappa shape index (κ1) is 31.7. The van der Waals surface area contributed by atoms with Gasteiger partial charge in [0.25, 0.3) is 5.91 Å². The predicted octanol–water partition coefficient (Wildman–Crippen LogP) is 6.15. The Kier molecular flexibility index (Phi) is 10.7. The van der Waals surface area contributed by atoms with E-state index in [2.05, 4.69) is 16.0 Å². The summed E-state index contributed by atoms with van der Waals surface area (Å²) in [4.78, 5) is 63.5. The SMILES string of the molecule is COC(=O)c1c(NC(=O)C(Sc2cccc(NC(=O)/C=C/C(=O)O)c2)c2ccccc2)sc(C(=O)Nc2ccccc2)c1C. The van der Waals surface area contributed by atoms with Crippen LogP contribution >= 0.6 is 23.1 Å². The molecule has 1 aromatic heterocycles. The van der Waals surface area contributed by atoms with Crippen LogP contribution in [0.2, 0.25) is 0 Å². The topological polar surface area (TPSA) is 151 Å². The summed E-state index contributed by atoms with van der Waals surface area (Å²) in [6.07, 6.45) is 1.63. The maximum atomic E-state index is 13.9. The first-order valence-corrected chi connectivity index (χ1v) is 14.8. The molecule has 0 aliphatic heterocycles. The zero-order valence-corrected chi connectivity index (χ0v) is 25.2. The molecule has 4 aromatic rings. The molecule has 0 fully saturated rings. The quantitative estimate of drug-likeness (QED) is 0.0877. The molecule has 44 heavy (non-hydrogen) atoms. The van der Waals surface area contributed by atoms with E-state index in [0.717, 1.165) is 23.5 Å². The van der Waals surface area contributed by atoms with Crippen molar-refractivity contribution in [3.05, 3.63) is 119 Å². The lowest BCUT2D eigenvalue weighted by Gasteiger charge is -2.17. The van der Waals surface area contributed by atoms with Crippen LogP contribution in [0.4, 0.5) is 16.4 Å². The van der Waals surface area contributed by atoms with E-state index in [1.807, 2.05) is 12.1 Å². The highest BCUT2D eigenvalue weighted by Gasteiger charge is 2.29. The molecule has 3 amide bonds. The van der Waals surface area contributed by atoms with Crippen molar-refractivity contribution in [1.29, 1.82) is 0 Å². The van der Waals surface area contributed by atoms with Crippen molar-refractivity contribution in [3.63, 3.8) is 0 Å². The summed E-state index contributed by atoms with van der Waals surface area (Å²) in [6, 6.07) is 24.6. The second kappa shape index (κ2) is 14.8. The van der Waals surface area contributed by atoms with Crippen LogP contribution < -0.4 is 16.0 Å². The molecule has 0 bridgehead atoms. The Bertz CT molecular complexity index is 1720. The first-order chi connectivity index (χ1) is 21.2. The molecule has 0 saturated heterocycles. The Morgan fingerprint density at radius 1 is 0.841 bits per heavy atom. The number of carbonyl (C=O) groups excluding carboxylic acids is 4. The second-order valence-corrected chi connectivity index (χ2v) is 11.4. The Morgan fingerprint density at radius 2 is 1.50 bits per heavy atom. The summed E-state index contributed by atoms with van der Waals surface area (Å²) >= 11 is 2.17. The summed E-state index contributed by atoms with van der Waals surface area (Å²) in [6.45, 7) is 1.62. The van der Waals surface area contributed by atoms with Crippen LogP contribution in [-0.2, 0) is 19.1 Å². The van der Waals surface area contributed by atoms with Crippen molar-refractivity contribution in [2.45, 2.75) is 17.1 Å². The number of hydrogen-bond donors (Lipinski definition) is 4. The van der Waals surface area contributed by atoms with E-state index in [1.54, 1.807) is 79.7 Å². The lowest BCUT2D eigenvalue weighted by Crippen LogP contribution is -2.20. The van der Waals surface area contributed by atoms with Gasteiger partial charge in [0.2, 0.25) is 11.8 Å². The van der Waals surface area contributed by atoms with Crippen molar-refractivity contribution < 1.29 is 33.8 Å². The summed E-state index contributed by atoms with van der Waals surface area (Å²) < 4.78 is 4.97. The van der Waals surface area contributed by atoms with Gasteiger partial charge >= 0.3 is 11.9 Å². The van der Waals surface area contributed by atoms with Crippen molar-refractivity contribution in [1.82, 2.24) is 0 Å². The smallest absolute Gasteiger partial charge is 0.341 e. The minimum atomic E-state index is -1.25. The van der Waals surface area contributed by atoms with Crippen LogP contribution in [0, 0.1) is 6.92 Å². The molecule has 3 aromatic carbocycles. The minimum Gasteiger partial charge on any atom is -0.478 e. The van der Waals surface area contributed by atoms with E-state index in [4.69, 9.17) is 9.84 Å². The second-order valence-electron chi connectivity index (χ2n) is 9.16. The molecule has 12 heteroatoms. The number of ether oxygens (including phenoxy) is 1. The average molecular weight is 630 g/mol. The lowest BCUT2D eigenvalue weighted by atomic mass is 10.1. The molecule has 0 aliphatic carbocycles. The number of hydrogen-bond acceptors (Lipinski definition) is 8. The van der Waals surface area contributed by atoms with Gasteiger partial charge in [0.15, 0.2) is 0 Å². The maximum Gasteiger partial charge on any atom is 0.341 e. The molecule has 4 N–H and O–H groups in total. The molecule has 4 rings (SSSR count). The Hall–Kier alpha value is -5.20. The fourth-order valence-electron chi connectivity index (χ4n) is 4.07. The molecular weight excluding hydrogens is 603 g/mol. The van der Waals surface area contributed by atoms with E-state index in [-0.39, 0.29) is 15.4 Å². The standard InChI is InChI=1S/C32H27N3O7S2/c1-19-26(32(41)42-2)31(44-27(19)29(39)34-21-12-7-4-8-13-21)35-30(40)28(20-10-5-3-6-11-20)43-23-15-9-14-22(18-23)33-24(36)16-17-25(37)38/h3-18,28H,1-2H3,(H,33,36)(H,34,39)(H,35,40)(H,37,38)/b17-16+. The van der Waals surface area contributed by atoms with Crippen molar-refractivity contribution >= 4 is 69.1 Å². The monoisotopic (exact) mass is 629 g/mol. The number of methoxy groups -OCH3 is 1. The van der Waals surface area contributed by atoms with E-state index >= 15 is 0 Å². The molecule has 0 aliphatic rings. The van der Waals surface area contributed by atoms with Gasteiger partial charge in [0.05, 0.1) is 17.6 Å². The molecule has 10 nitrogen and oxygen atoms in total. The number of para-hydroxylation sites is 1. The Balaban J connectivity index is 1.62. The summed E-state index contributed by atoms with van der Waals surface area (Å²) in [5, 5.41) is 16.4. The molecule has 0 spiro atoms. The van der Waals surface area contributed by atoms with Gasteiger partial charge in [0.1, 0.15) is 10.3 Å². The number of thiophene rings is 1. The number of amides is 3. The molecule has 1 atom stereocenters. The highest BCUT2D eigenvalue weighted by Crippen LogP contribution is 2.40. The van der Waals surface area contributed by atoms with Crippen LogP contribution in [0.1, 0.15) is 36.4 Å². The maximum absolute atomic E-state index is 13.9. The number of rotatable bonds is 11. The normalized spacial score (nSPS) is 11.4. The number of nitrogens with one attached hydrogen (secondary N) is 3. The van der Waals surface area contributed by atoms with Crippen molar-refractivity contribution in [3.8, 4) is 0 Å². The van der Waals surface area contributed by atoms with E-state index < -0.39 is 34.9 Å².